The molecule has 100 valence electrons. The molecule has 0 aromatic heterocycles. The Bertz CT molecular complexity index is 414. The van der Waals surface area contributed by atoms with Gasteiger partial charge in [0.15, 0.2) is 0 Å². The van der Waals surface area contributed by atoms with Crippen molar-refractivity contribution in [2.24, 2.45) is 0 Å². The van der Waals surface area contributed by atoms with Gasteiger partial charge in [0.05, 0.1) is 4.47 Å². The number of halogens is 3. The van der Waals surface area contributed by atoms with Crippen LogP contribution in [0, 0.1) is 5.82 Å². The van der Waals surface area contributed by atoms with E-state index in [1.54, 1.807) is 6.07 Å². The SMILES string of the molecule is CCCOC1C(Br)CC1Oc1cc(F)ccc1Br. The fraction of sp³-hybridized carbons (Fsp3) is 0.538. The van der Waals surface area contributed by atoms with E-state index in [-0.39, 0.29) is 18.0 Å². The number of hydrogen-bond acceptors (Lipinski definition) is 2. The Morgan fingerprint density at radius 2 is 2.22 bits per heavy atom. The first-order chi connectivity index (χ1) is 8.61. The van der Waals surface area contributed by atoms with Crippen LogP contribution in [0.2, 0.25) is 0 Å². The van der Waals surface area contributed by atoms with Crippen LogP contribution in [0.5, 0.6) is 5.75 Å². The molecular weight excluding hydrogens is 367 g/mol. The molecule has 18 heavy (non-hydrogen) atoms. The molecule has 0 spiro atoms. The second-order valence-corrected chi connectivity index (χ2v) is 6.35. The molecule has 1 aromatic carbocycles. The van der Waals surface area contributed by atoms with Gasteiger partial charge in [0.25, 0.3) is 0 Å². The number of benzene rings is 1. The highest BCUT2D eigenvalue weighted by Gasteiger charge is 2.42. The van der Waals surface area contributed by atoms with Gasteiger partial charge in [0.1, 0.15) is 23.8 Å². The molecule has 3 atom stereocenters. The highest BCUT2D eigenvalue weighted by atomic mass is 79.9. The molecule has 0 N–H and O–H groups in total. The summed E-state index contributed by atoms with van der Waals surface area (Å²) < 4.78 is 25.4. The maximum absolute atomic E-state index is 13.2. The molecule has 2 rings (SSSR count). The summed E-state index contributed by atoms with van der Waals surface area (Å²) in [5.74, 6) is 0.235. The largest absolute Gasteiger partial charge is 0.486 e. The van der Waals surface area contributed by atoms with Gasteiger partial charge in [-0.3, -0.25) is 0 Å². The van der Waals surface area contributed by atoms with Crippen LogP contribution in [0.15, 0.2) is 22.7 Å². The minimum Gasteiger partial charge on any atom is -0.486 e. The summed E-state index contributed by atoms with van der Waals surface area (Å²) in [7, 11) is 0. The van der Waals surface area contributed by atoms with Gasteiger partial charge < -0.3 is 9.47 Å². The van der Waals surface area contributed by atoms with Crippen molar-refractivity contribution < 1.29 is 13.9 Å². The Morgan fingerprint density at radius 1 is 1.44 bits per heavy atom. The first-order valence-electron chi connectivity index (χ1n) is 5.99. The van der Waals surface area contributed by atoms with E-state index in [9.17, 15) is 4.39 Å². The number of ether oxygens (including phenoxy) is 2. The lowest BCUT2D eigenvalue weighted by Crippen LogP contribution is -2.52. The first kappa shape index (κ1) is 14.3. The molecule has 0 saturated heterocycles. The monoisotopic (exact) mass is 380 g/mol. The molecular formula is C13H15Br2FO2. The lowest BCUT2D eigenvalue weighted by atomic mass is 9.91. The third kappa shape index (κ3) is 3.25. The van der Waals surface area contributed by atoms with E-state index in [0.29, 0.717) is 10.6 Å². The van der Waals surface area contributed by atoms with Crippen LogP contribution in [0.25, 0.3) is 0 Å². The Hall–Kier alpha value is -0.130. The van der Waals surface area contributed by atoms with E-state index in [1.807, 2.05) is 0 Å². The van der Waals surface area contributed by atoms with Crippen LogP contribution in [-0.2, 0) is 4.74 Å². The Labute approximate surface area is 123 Å². The van der Waals surface area contributed by atoms with Crippen LogP contribution < -0.4 is 4.74 Å². The van der Waals surface area contributed by atoms with Gasteiger partial charge in [-0.05, 0) is 34.5 Å². The van der Waals surface area contributed by atoms with Crippen molar-refractivity contribution in [3.05, 3.63) is 28.5 Å². The van der Waals surface area contributed by atoms with Crippen molar-refractivity contribution in [2.45, 2.75) is 36.8 Å². The summed E-state index contributed by atoms with van der Waals surface area (Å²) in [6.45, 7) is 2.79. The molecule has 3 unspecified atom stereocenters. The van der Waals surface area contributed by atoms with Crippen LogP contribution in [-0.4, -0.2) is 23.6 Å². The summed E-state index contributed by atoms with van der Waals surface area (Å²) in [5, 5.41) is 0. The van der Waals surface area contributed by atoms with Crippen LogP contribution in [0.4, 0.5) is 4.39 Å². The molecule has 0 radical (unpaired) electrons. The van der Waals surface area contributed by atoms with Gasteiger partial charge in [-0.15, -0.1) is 0 Å². The predicted molar refractivity (Wildman–Crippen MR) is 75.9 cm³/mol. The zero-order valence-electron chi connectivity index (χ0n) is 10.0. The molecule has 1 aliphatic rings. The molecule has 5 heteroatoms. The Morgan fingerprint density at radius 3 is 2.89 bits per heavy atom. The molecule has 0 amide bonds. The zero-order chi connectivity index (χ0) is 13.1. The van der Waals surface area contributed by atoms with Gasteiger partial charge in [-0.2, -0.15) is 0 Å². The lowest BCUT2D eigenvalue weighted by Gasteiger charge is -2.41. The Balaban J connectivity index is 1.98. The first-order valence-corrected chi connectivity index (χ1v) is 7.70. The van der Waals surface area contributed by atoms with Crippen molar-refractivity contribution in [3.63, 3.8) is 0 Å². The molecule has 0 bridgehead atoms. The Kier molecular flexibility index (Phi) is 5.04. The van der Waals surface area contributed by atoms with Crippen LogP contribution in [0.1, 0.15) is 19.8 Å². The highest BCUT2D eigenvalue weighted by Crippen LogP contribution is 2.36. The lowest BCUT2D eigenvalue weighted by molar-refractivity contribution is -0.0765. The van der Waals surface area contributed by atoms with Gasteiger partial charge in [-0.25, -0.2) is 4.39 Å². The average Bonchev–Trinajstić information content (AvgIpc) is 2.33. The molecule has 0 aliphatic heterocycles. The molecule has 1 aromatic rings. The molecule has 0 heterocycles. The van der Waals surface area contributed by atoms with Gasteiger partial charge >= 0.3 is 0 Å². The van der Waals surface area contributed by atoms with Crippen molar-refractivity contribution in [1.82, 2.24) is 0 Å². The number of alkyl halides is 1. The maximum Gasteiger partial charge on any atom is 0.136 e. The molecule has 2 nitrogen and oxygen atoms in total. The third-order valence-electron chi connectivity index (χ3n) is 2.87. The number of rotatable bonds is 5. The minimum atomic E-state index is -0.297. The average molecular weight is 382 g/mol. The normalized spacial score (nSPS) is 26.8. The van der Waals surface area contributed by atoms with Crippen molar-refractivity contribution >= 4 is 31.9 Å². The van der Waals surface area contributed by atoms with Crippen molar-refractivity contribution in [3.8, 4) is 5.75 Å². The molecule has 1 aliphatic carbocycles. The van der Waals surface area contributed by atoms with E-state index in [4.69, 9.17) is 9.47 Å². The summed E-state index contributed by atoms with van der Waals surface area (Å²) in [6, 6.07) is 4.44. The summed E-state index contributed by atoms with van der Waals surface area (Å²) in [6.07, 6.45) is 1.88. The second kappa shape index (κ2) is 6.35. The topological polar surface area (TPSA) is 18.5 Å². The molecule has 1 saturated carbocycles. The maximum atomic E-state index is 13.2. The molecule has 1 fully saturated rings. The van der Waals surface area contributed by atoms with Gasteiger partial charge in [0.2, 0.25) is 0 Å². The second-order valence-electron chi connectivity index (χ2n) is 4.32. The summed E-state index contributed by atoms with van der Waals surface area (Å²) >= 11 is 6.91. The van der Waals surface area contributed by atoms with Gasteiger partial charge in [-0.1, -0.05) is 22.9 Å². The van der Waals surface area contributed by atoms with E-state index in [0.717, 1.165) is 23.9 Å². The third-order valence-corrected chi connectivity index (χ3v) is 4.42. The summed E-state index contributed by atoms with van der Waals surface area (Å²) in [5.41, 5.74) is 0. The summed E-state index contributed by atoms with van der Waals surface area (Å²) in [4.78, 5) is 0.321. The van der Waals surface area contributed by atoms with E-state index < -0.39 is 0 Å². The fourth-order valence-corrected chi connectivity index (χ4v) is 3.04. The van der Waals surface area contributed by atoms with Crippen LogP contribution in [0.3, 0.4) is 0 Å². The van der Waals surface area contributed by atoms with E-state index in [1.165, 1.54) is 12.1 Å². The van der Waals surface area contributed by atoms with E-state index in [2.05, 4.69) is 38.8 Å². The van der Waals surface area contributed by atoms with Crippen LogP contribution >= 0.6 is 31.9 Å². The quantitative estimate of drug-likeness (QED) is 0.708. The van der Waals surface area contributed by atoms with Gasteiger partial charge in [0, 0.05) is 23.9 Å². The minimum absolute atomic E-state index is 0.0148. The van der Waals surface area contributed by atoms with Crippen molar-refractivity contribution in [2.75, 3.05) is 6.61 Å². The van der Waals surface area contributed by atoms with Crippen molar-refractivity contribution in [1.29, 1.82) is 0 Å². The fourth-order valence-electron chi connectivity index (χ4n) is 1.84. The highest BCUT2D eigenvalue weighted by molar-refractivity contribution is 9.10. The zero-order valence-corrected chi connectivity index (χ0v) is 13.2. The standard InChI is InChI=1S/C13H15Br2FO2/c1-2-5-17-13-10(15)7-12(13)18-11-6-8(16)3-4-9(11)14/h3-4,6,10,12-13H,2,5,7H2,1H3. The number of hydrogen-bond donors (Lipinski definition) is 0. The van der Waals surface area contributed by atoms with E-state index >= 15 is 0 Å². The smallest absolute Gasteiger partial charge is 0.136 e. The predicted octanol–water partition coefficient (Wildman–Crippen LogP) is 4.30.